The number of fused-ring (bicyclic) bond motifs is 4. The molecular weight excluding hydrogens is 322 g/mol. The van der Waals surface area contributed by atoms with Gasteiger partial charge in [0.05, 0.1) is 5.60 Å². The summed E-state index contributed by atoms with van der Waals surface area (Å²) in [7, 11) is 0. The highest BCUT2D eigenvalue weighted by Crippen LogP contribution is 2.58. The van der Waals surface area contributed by atoms with Crippen LogP contribution in [-0.2, 0) is 11.8 Å². The van der Waals surface area contributed by atoms with Crippen LogP contribution in [0.5, 0.6) is 5.75 Å². The molecule has 2 atom stereocenters. The van der Waals surface area contributed by atoms with Crippen molar-refractivity contribution in [2.75, 3.05) is 13.1 Å². The number of rotatable bonds is 3. The van der Waals surface area contributed by atoms with Gasteiger partial charge in [-0.15, -0.1) is 12.4 Å². The van der Waals surface area contributed by atoms with Crippen molar-refractivity contribution >= 4 is 12.4 Å². The van der Waals surface area contributed by atoms with Crippen molar-refractivity contribution in [2.24, 2.45) is 5.41 Å². The number of benzene rings is 1. The molecule has 0 radical (unpaired) electrons. The SMILES string of the molecule is CC[C@]12CCN(CC3(O)CC3)[C@H](Cc3ccc(O)cc31)C2(C)C.Cl. The van der Waals surface area contributed by atoms with Crippen LogP contribution >= 0.6 is 12.4 Å². The molecule has 0 amide bonds. The molecule has 0 aromatic heterocycles. The number of phenolic OH excluding ortho intramolecular Hbond substituents is 1. The molecule has 1 aromatic carbocycles. The highest BCUT2D eigenvalue weighted by molar-refractivity contribution is 5.85. The molecule has 1 saturated heterocycles. The normalized spacial score (nSPS) is 32.6. The quantitative estimate of drug-likeness (QED) is 0.873. The molecule has 1 heterocycles. The largest absolute Gasteiger partial charge is 0.508 e. The summed E-state index contributed by atoms with van der Waals surface area (Å²) >= 11 is 0. The first-order valence-corrected chi connectivity index (χ1v) is 9.10. The molecule has 2 fully saturated rings. The fourth-order valence-corrected chi connectivity index (χ4v) is 5.54. The monoisotopic (exact) mass is 351 g/mol. The molecule has 0 unspecified atom stereocenters. The van der Waals surface area contributed by atoms with Crippen molar-refractivity contribution in [3.63, 3.8) is 0 Å². The van der Waals surface area contributed by atoms with Crippen LogP contribution in [-0.4, -0.2) is 39.8 Å². The molecule has 2 bridgehead atoms. The first kappa shape index (κ1) is 18.0. The molecule has 4 rings (SSSR count). The number of aliphatic hydroxyl groups is 1. The van der Waals surface area contributed by atoms with Gasteiger partial charge in [0.1, 0.15) is 5.75 Å². The van der Waals surface area contributed by atoms with E-state index < -0.39 is 5.60 Å². The maximum absolute atomic E-state index is 10.4. The number of β-amino-alcohol motifs (C(OH)–C–C–N with tert-alkyl or cyclic N) is 1. The zero-order chi connectivity index (χ0) is 16.5. The average molecular weight is 352 g/mol. The lowest BCUT2D eigenvalue weighted by Gasteiger charge is -2.62. The first-order valence-electron chi connectivity index (χ1n) is 9.10. The minimum absolute atomic E-state index is 0. The number of aromatic hydroxyl groups is 1. The number of likely N-dealkylation sites (tertiary alicyclic amines) is 1. The second-order valence-corrected chi connectivity index (χ2v) is 8.66. The van der Waals surface area contributed by atoms with Gasteiger partial charge in [-0.2, -0.15) is 0 Å². The van der Waals surface area contributed by atoms with E-state index in [4.69, 9.17) is 0 Å². The summed E-state index contributed by atoms with van der Waals surface area (Å²) in [6.07, 6.45) is 5.16. The standard InChI is InChI=1S/C20H29NO2.ClH/c1-4-20-9-10-21(13-19(23)7-8-19)17(18(20,2)3)11-14-5-6-15(22)12-16(14)20;/h5-6,12,17,22-23H,4,7-11,13H2,1-3H3;1H/t17-,20+;/m1./s1. The van der Waals surface area contributed by atoms with E-state index in [-0.39, 0.29) is 23.2 Å². The van der Waals surface area contributed by atoms with Crippen LogP contribution in [0.1, 0.15) is 57.6 Å². The van der Waals surface area contributed by atoms with Gasteiger partial charge in [0, 0.05) is 18.0 Å². The Kier molecular flexibility index (Phi) is 4.22. The van der Waals surface area contributed by atoms with Crippen molar-refractivity contribution in [3.8, 4) is 5.75 Å². The summed E-state index contributed by atoms with van der Waals surface area (Å²) in [4.78, 5) is 2.55. The lowest BCUT2D eigenvalue weighted by molar-refractivity contribution is -0.0665. The lowest BCUT2D eigenvalue weighted by atomic mass is 9.49. The van der Waals surface area contributed by atoms with E-state index in [1.165, 1.54) is 11.1 Å². The van der Waals surface area contributed by atoms with E-state index in [0.29, 0.717) is 11.8 Å². The Bertz CT molecular complexity index is 641. The van der Waals surface area contributed by atoms with Gasteiger partial charge in [0.2, 0.25) is 0 Å². The highest BCUT2D eigenvalue weighted by atomic mass is 35.5. The molecule has 134 valence electrons. The molecule has 4 heteroatoms. The summed E-state index contributed by atoms with van der Waals surface area (Å²) in [5, 5.41) is 20.5. The van der Waals surface area contributed by atoms with Crippen LogP contribution < -0.4 is 0 Å². The predicted octanol–water partition coefficient (Wildman–Crippen LogP) is 3.64. The van der Waals surface area contributed by atoms with E-state index in [1.54, 1.807) is 0 Å². The second kappa shape index (κ2) is 5.62. The fourth-order valence-electron chi connectivity index (χ4n) is 5.54. The third-order valence-electron chi connectivity index (χ3n) is 7.28. The van der Waals surface area contributed by atoms with Gasteiger partial charge in [-0.1, -0.05) is 26.8 Å². The highest BCUT2D eigenvalue weighted by Gasteiger charge is 2.58. The van der Waals surface area contributed by atoms with Crippen molar-refractivity contribution in [1.29, 1.82) is 0 Å². The van der Waals surface area contributed by atoms with E-state index in [2.05, 4.69) is 31.7 Å². The minimum Gasteiger partial charge on any atom is -0.508 e. The molecule has 1 saturated carbocycles. The number of nitrogens with zero attached hydrogens (tertiary/aromatic N) is 1. The third kappa shape index (κ3) is 2.40. The topological polar surface area (TPSA) is 43.7 Å². The summed E-state index contributed by atoms with van der Waals surface area (Å²) < 4.78 is 0. The van der Waals surface area contributed by atoms with Crippen LogP contribution in [0, 0.1) is 5.41 Å². The molecule has 1 aromatic rings. The van der Waals surface area contributed by atoms with Crippen LogP contribution in [0.4, 0.5) is 0 Å². The Labute approximate surface area is 151 Å². The molecule has 3 aliphatic rings. The Hall–Kier alpha value is -0.770. The third-order valence-corrected chi connectivity index (χ3v) is 7.28. The summed E-state index contributed by atoms with van der Waals surface area (Å²) in [5.74, 6) is 0.389. The summed E-state index contributed by atoms with van der Waals surface area (Å²) in [6, 6.07) is 6.43. The molecule has 0 spiro atoms. The van der Waals surface area contributed by atoms with Crippen LogP contribution in [0.15, 0.2) is 18.2 Å². The van der Waals surface area contributed by atoms with Gasteiger partial charge in [-0.3, -0.25) is 4.90 Å². The molecular formula is C20H30ClNO2. The van der Waals surface area contributed by atoms with E-state index in [0.717, 1.165) is 45.2 Å². The second-order valence-electron chi connectivity index (χ2n) is 8.66. The lowest BCUT2D eigenvalue weighted by Crippen LogP contribution is -2.65. The zero-order valence-electron chi connectivity index (χ0n) is 15.0. The average Bonchev–Trinajstić information content (AvgIpc) is 3.21. The number of phenols is 1. The van der Waals surface area contributed by atoms with Crippen LogP contribution in [0.3, 0.4) is 0 Å². The van der Waals surface area contributed by atoms with Crippen LogP contribution in [0.2, 0.25) is 0 Å². The molecule has 2 aliphatic carbocycles. The molecule has 24 heavy (non-hydrogen) atoms. The van der Waals surface area contributed by atoms with Crippen molar-refractivity contribution < 1.29 is 10.2 Å². The van der Waals surface area contributed by atoms with E-state index >= 15 is 0 Å². The molecule has 1 aliphatic heterocycles. The van der Waals surface area contributed by atoms with E-state index in [1.807, 2.05) is 12.1 Å². The van der Waals surface area contributed by atoms with Gasteiger partial charge < -0.3 is 10.2 Å². The maximum atomic E-state index is 10.4. The zero-order valence-corrected chi connectivity index (χ0v) is 15.8. The Morgan fingerprint density at radius 1 is 1.21 bits per heavy atom. The number of hydrogen-bond acceptors (Lipinski definition) is 3. The van der Waals surface area contributed by atoms with Gasteiger partial charge in [0.15, 0.2) is 0 Å². The molecule has 2 N–H and O–H groups in total. The molecule has 3 nitrogen and oxygen atoms in total. The van der Waals surface area contributed by atoms with Gasteiger partial charge in [-0.05, 0) is 67.3 Å². The fraction of sp³-hybridized carbons (Fsp3) is 0.700. The van der Waals surface area contributed by atoms with Crippen molar-refractivity contribution in [1.82, 2.24) is 4.90 Å². The number of piperidine rings is 1. The van der Waals surface area contributed by atoms with Gasteiger partial charge in [-0.25, -0.2) is 0 Å². The Balaban J connectivity index is 0.00000169. The number of halogens is 1. The smallest absolute Gasteiger partial charge is 0.115 e. The predicted molar refractivity (Wildman–Crippen MR) is 99.0 cm³/mol. The van der Waals surface area contributed by atoms with Gasteiger partial charge >= 0.3 is 0 Å². The summed E-state index contributed by atoms with van der Waals surface area (Å²) in [5.41, 5.74) is 2.61. The Morgan fingerprint density at radius 3 is 2.54 bits per heavy atom. The van der Waals surface area contributed by atoms with E-state index in [9.17, 15) is 10.2 Å². The Morgan fingerprint density at radius 2 is 1.92 bits per heavy atom. The minimum atomic E-state index is -0.419. The summed E-state index contributed by atoms with van der Waals surface area (Å²) in [6.45, 7) is 8.98. The van der Waals surface area contributed by atoms with Crippen LogP contribution in [0.25, 0.3) is 0 Å². The first-order chi connectivity index (χ1) is 10.8. The van der Waals surface area contributed by atoms with Crippen molar-refractivity contribution in [2.45, 2.75) is 69.9 Å². The van der Waals surface area contributed by atoms with Gasteiger partial charge in [0.25, 0.3) is 0 Å². The number of hydrogen-bond donors (Lipinski definition) is 2. The van der Waals surface area contributed by atoms with Crippen molar-refractivity contribution in [3.05, 3.63) is 29.3 Å². The maximum Gasteiger partial charge on any atom is 0.115 e.